The van der Waals surface area contributed by atoms with Gasteiger partial charge in [0.05, 0.1) is 11.3 Å². The van der Waals surface area contributed by atoms with Gasteiger partial charge in [0.25, 0.3) is 0 Å². The fourth-order valence-corrected chi connectivity index (χ4v) is 3.56. The lowest BCUT2D eigenvalue weighted by Gasteiger charge is -2.19. The second kappa shape index (κ2) is 7.53. The Morgan fingerprint density at radius 3 is 2.70 bits per heavy atom. The molecular weight excluding hydrogens is 308 g/mol. The fourth-order valence-electron chi connectivity index (χ4n) is 2.62. The molecule has 0 saturated carbocycles. The van der Waals surface area contributed by atoms with Gasteiger partial charge in [-0.2, -0.15) is 5.10 Å². The molecule has 23 heavy (non-hydrogen) atoms. The summed E-state index contributed by atoms with van der Waals surface area (Å²) in [7, 11) is 1.75. The number of nitrogens with one attached hydrogen (secondary N) is 1. The van der Waals surface area contributed by atoms with E-state index in [1.54, 1.807) is 18.9 Å². The van der Waals surface area contributed by atoms with Gasteiger partial charge >= 0.3 is 0 Å². The van der Waals surface area contributed by atoms with Crippen LogP contribution in [-0.2, 0) is 11.3 Å². The summed E-state index contributed by atoms with van der Waals surface area (Å²) in [5.74, 6) is 0.851. The van der Waals surface area contributed by atoms with Crippen LogP contribution in [-0.4, -0.2) is 40.5 Å². The van der Waals surface area contributed by atoms with Crippen LogP contribution in [0.5, 0.6) is 0 Å². The number of amidine groups is 1. The Balaban J connectivity index is 2.14. The predicted molar refractivity (Wildman–Crippen MR) is 99.7 cm³/mol. The van der Waals surface area contributed by atoms with Gasteiger partial charge in [-0.15, -0.1) is 0 Å². The molecule has 2 heterocycles. The Labute approximate surface area is 143 Å². The smallest absolute Gasteiger partial charge is 0.178 e. The van der Waals surface area contributed by atoms with Crippen molar-refractivity contribution in [3.8, 4) is 0 Å². The summed E-state index contributed by atoms with van der Waals surface area (Å²) in [4.78, 5) is 4.63. The van der Waals surface area contributed by atoms with E-state index in [-0.39, 0.29) is 5.54 Å². The molecule has 0 amide bonds. The van der Waals surface area contributed by atoms with Crippen LogP contribution < -0.4 is 5.43 Å². The standard InChI is InChI=1S/C17H28N4OS/c1-12-10-14(13(2)21(12)8-7-9-22-6)15-11-23-16(20-19-15)18-17(3,4)5/h10H,7-9,11H2,1-6H3,(H,18,20). The summed E-state index contributed by atoms with van der Waals surface area (Å²) in [6.07, 6.45) is 1.02. The van der Waals surface area contributed by atoms with E-state index in [0.717, 1.165) is 36.2 Å². The zero-order valence-electron chi connectivity index (χ0n) is 15.1. The van der Waals surface area contributed by atoms with E-state index in [1.165, 1.54) is 17.0 Å². The Morgan fingerprint density at radius 1 is 1.39 bits per heavy atom. The third kappa shape index (κ3) is 4.85. The van der Waals surface area contributed by atoms with E-state index < -0.39 is 0 Å². The third-order valence-electron chi connectivity index (χ3n) is 3.68. The minimum absolute atomic E-state index is 0.0838. The molecule has 0 unspecified atom stereocenters. The summed E-state index contributed by atoms with van der Waals surface area (Å²) < 4.78 is 7.50. The number of rotatable bonds is 5. The number of nitrogens with zero attached hydrogens (tertiary/aromatic N) is 3. The van der Waals surface area contributed by atoms with Crippen molar-refractivity contribution in [2.45, 2.75) is 53.1 Å². The Kier molecular flexibility index (Phi) is 5.92. The van der Waals surface area contributed by atoms with Gasteiger partial charge in [-0.05, 0) is 47.1 Å². The van der Waals surface area contributed by atoms with Crippen molar-refractivity contribution in [1.29, 1.82) is 0 Å². The highest BCUT2D eigenvalue weighted by Crippen LogP contribution is 2.22. The largest absolute Gasteiger partial charge is 0.385 e. The normalized spacial score (nSPS) is 17.3. The second-order valence-electron chi connectivity index (χ2n) is 6.83. The number of hydrogen-bond donors (Lipinski definition) is 1. The summed E-state index contributed by atoms with van der Waals surface area (Å²) in [6, 6.07) is 2.23. The van der Waals surface area contributed by atoms with Gasteiger partial charge in [-0.25, -0.2) is 0 Å². The van der Waals surface area contributed by atoms with Crippen molar-refractivity contribution in [2.75, 3.05) is 19.5 Å². The van der Waals surface area contributed by atoms with Crippen molar-refractivity contribution in [1.82, 2.24) is 9.99 Å². The van der Waals surface area contributed by atoms with Crippen LogP contribution in [0.3, 0.4) is 0 Å². The first-order valence-corrected chi connectivity index (χ1v) is 9.01. The third-order valence-corrected chi connectivity index (χ3v) is 4.56. The lowest BCUT2D eigenvalue weighted by atomic mass is 10.1. The maximum atomic E-state index is 5.15. The van der Waals surface area contributed by atoms with Crippen LogP contribution in [0.2, 0.25) is 0 Å². The first-order valence-electron chi connectivity index (χ1n) is 8.03. The summed E-state index contributed by atoms with van der Waals surface area (Å²) in [6.45, 7) is 12.4. The number of thioether (sulfide) groups is 1. The molecule has 0 radical (unpaired) electrons. The van der Waals surface area contributed by atoms with E-state index in [0.29, 0.717) is 0 Å². The zero-order chi connectivity index (χ0) is 17.0. The second-order valence-corrected chi connectivity index (χ2v) is 7.79. The molecule has 1 aromatic heterocycles. The molecule has 0 spiro atoms. The maximum absolute atomic E-state index is 5.15. The number of hydrazone groups is 1. The zero-order valence-corrected chi connectivity index (χ0v) is 15.9. The minimum Gasteiger partial charge on any atom is -0.385 e. The summed E-state index contributed by atoms with van der Waals surface area (Å²) >= 11 is 1.72. The monoisotopic (exact) mass is 336 g/mol. The van der Waals surface area contributed by atoms with E-state index in [4.69, 9.17) is 4.74 Å². The fraction of sp³-hybridized carbons (Fsp3) is 0.647. The number of methoxy groups -OCH3 is 1. The van der Waals surface area contributed by atoms with Crippen LogP contribution in [0.15, 0.2) is 16.2 Å². The highest BCUT2D eigenvalue weighted by molar-refractivity contribution is 8.14. The molecule has 2 rings (SSSR count). The van der Waals surface area contributed by atoms with E-state index in [9.17, 15) is 0 Å². The Hall–Kier alpha value is -1.27. The molecule has 0 saturated heterocycles. The van der Waals surface area contributed by atoms with Crippen molar-refractivity contribution in [3.05, 3.63) is 23.0 Å². The first-order chi connectivity index (χ1) is 10.8. The predicted octanol–water partition coefficient (Wildman–Crippen LogP) is 3.34. The van der Waals surface area contributed by atoms with Gasteiger partial charge in [-0.1, -0.05) is 11.8 Å². The van der Waals surface area contributed by atoms with Gasteiger partial charge in [0.2, 0.25) is 0 Å². The molecule has 0 bridgehead atoms. The van der Waals surface area contributed by atoms with E-state index in [1.807, 2.05) is 0 Å². The molecule has 1 aliphatic rings. The lowest BCUT2D eigenvalue weighted by Crippen LogP contribution is -2.28. The molecule has 0 fully saturated rings. The quantitative estimate of drug-likeness (QED) is 0.839. The number of aliphatic imine (C=N–C) groups is 1. The van der Waals surface area contributed by atoms with Crippen LogP contribution in [0, 0.1) is 13.8 Å². The Bertz CT molecular complexity index is 611. The highest BCUT2D eigenvalue weighted by Gasteiger charge is 2.19. The van der Waals surface area contributed by atoms with Crippen molar-refractivity contribution in [3.63, 3.8) is 0 Å². The van der Waals surface area contributed by atoms with E-state index >= 15 is 0 Å². The summed E-state index contributed by atoms with van der Waals surface area (Å²) in [5, 5.41) is 5.45. The molecular formula is C17H28N4OS. The Morgan fingerprint density at radius 2 is 2.13 bits per heavy atom. The molecule has 0 aliphatic carbocycles. The number of hydrogen-bond acceptors (Lipinski definition) is 4. The number of aromatic nitrogens is 1. The van der Waals surface area contributed by atoms with Crippen molar-refractivity contribution >= 4 is 22.6 Å². The van der Waals surface area contributed by atoms with Crippen molar-refractivity contribution < 1.29 is 4.74 Å². The molecule has 0 aromatic carbocycles. The molecule has 6 heteroatoms. The van der Waals surface area contributed by atoms with Crippen LogP contribution >= 0.6 is 11.8 Å². The van der Waals surface area contributed by atoms with Gasteiger partial charge in [-0.3, -0.25) is 10.4 Å². The van der Waals surface area contributed by atoms with Crippen LogP contribution in [0.1, 0.15) is 44.1 Å². The molecule has 0 atom stereocenters. The average Bonchev–Trinajstić information content (AvgIpc) is 2.74. The number of ether oxygens (including phenoxy) is 1. The van der Waals surface area contributed by atoms with Crippen LogP contribution in [0.4, 0.5) is 0 Å². The first kappa shape index (κ1) is 18.1. The maximum Gasteiger partial charge on any atom is 0.178 e. The van der Waals surface area contributed by atoms with Gasteiger partial charge in [0.1, 0.15) is 0 Å². The van der Waals surface area contributed by atoms with Gasteiger partial charge in [0.15, 0.2) is 5.17 Å². The average molecular weight is 337 g/mol. The topological polar surface area (TPSA) is 50.9 Å². The number of aryl methyl sites for hydroxylation is 1. The molecule has 1 aliphatic heterocycles. The van der Waals surface area contributed by atoms with Crippen molar-refractivity contribution in [2.24, 2.45) is 10.1 Å². The molecule has 1 N–H and O–H groups in total. The summed E-state index contributed by atoms with van der Waals surface area (Å²) in [5.41, 5.74) is 7.89. The molecule has 5 nitrogen and oxygen atoms in total. The highest BCUT2D eigenvalue weighted by atomic mass is 32.2. The molecule has 1 aromatic rings. The van der Waals surface area contributed by atoms with Gasteiger partial charge < -0.3 is 9.30 Å². The van der Waals surface area contributed by atoms with Crippen LogP contribution in [0.25, 0.3) is 0 Å². The van der Waals surface area contributed by atoms with Gasteiger partial charge in [0, 0.05) is 43.0 Å². The molecule has 128 valence electrons. The van der Waals surface area contributed by atoms with E-state index in [2.05, 4.69) is 60.8 Å². The minimum atomic E-state index is -0.0838. The SMILES string of the molecule is COCCCn1c(C)cc(C2=NNC(=NC(C)(C)C)SC2)c1C. The lowest BCUT2D eigenvalue weighted by molar-refractivity contribution is 0.190.